The molecule has 1 atom stereocenters. The van der Waals surface area contributed by atoms with Gasteiger partial charge < -0.3 is 4.90 Å². The lowest BCUT2D eigenvalue weighted by molar-refractivity contribution is -0.117. The van der Waals surface area contributed by atoms with Crippen LogP contribution in [0, 0.1) is 13.8 Å². The number of carbonyl (C=O) groups excluding carboxylic acids is 2. The van der Waals surface area contributed by atoms with E-state index in [2.05, 4.69) is 10.3 Å². The molecule has 0 saturated carbocycles. The number of piperidine rings is 1. The van der Waals surface area contributed by atoms with Gasteiger partial charge in [0.2, 0.25) is 5.91 Å². The highest BCUT2D eigenvalue weighted by molar-refractivity contribution is 6.00. The molecule has 4 heterocycles. The number of nitrogens with zero attached hydrogens (tertiary/aromatic N) is 6. The maximum Gasteiger partial charge on any atom is 0.278 e. The summed E-state index contributed by atoms with van der Waals surface area (Å²) in [6, 6.07) is 9.90. The first-order valence-electron chi connectivity index (χ1n) is 10.8. The van der Waals surface area contributed by atoms with E-state index in [1.54, 1.807) is 16.7 Å². The number of carbonyl (C=O) groups is 2. The van der Waals surface area contributed by atoms with Crippen LogP contribution in [-0.4, -0.2) is 50.1 Å². The van der Waals surface area contributed by atoms with E-state index in [0.717, 1.165) is 29.7 Å². The Morgan fingerprint density at radius 2 is 1.94 bits per heavy atom. The zero-order chi connectivity index (χ0) is 22.2. The van der Waals surface area contributed by atoms with Crippen molar-refractivity contribution in [3.63, 3.8) is 0 Å². The van der Waals surface area contributed by atoms with Gasteiger partial charge in [-0.15, -0.1) is 0 Å². The molecule has 9 nitrogen and oxygen atoms in total. The Morgan fingerprint density at radius 1 is 1.12 bits per heavy atom. The molecule has 5 rings (SSSR count). The number of anilines is 1. The summed E-state index contributed by atoms with van der Waals surface area (Å²) in [4.78, 5) is 38.8. The van der Waals surface area contributed by atoms with Crippen molar-refractivity contribution in [1.29, 1.82) is 0 Å². The second-order valence-corrected chi connectivity index (χ2v) is 8.40. The van der Waals surface area contributed by atoms with Crippen LogP contribution in [0.4, 0.5) is 5.82 Å². The van der Waals surface area contributed by atoms with Gasteiger partial charge >= 0.3 is 0 Å². The van der Waals surface area contributed by atoms with Gasteiger partial charge in [0.1, 0.15) is 17.3 Å². The summed E-state index contributed by atoms with van der Waals surface area (Å²) in [5.74, 6) is 1.22. The Hall–Kier alpha value is -3.62. The first kappa shape index (κ1) is 20.3. The molecule has 1 unspecified atom stereocenters. The molecule has 164 valence electrons. The van der Waals surface area contributed by atoms with Crippen molar-refractivity contribution in [3.8, 4) is 0 Å². The van der Waals surface area contributed by atoms with Crippen molar-refractivity contribution in [1.82, 2.24) is 25.2 Å². The zero-order valence-corrected chi connectivity index (χ0v) is 18.1. The van der Waals surface area contributed by atoms with E-state index in [9.17, 15) is 9.59 Å². The summed E-state index contributed by atoms with van der Waals surface area (Å²) >= 11 is 0. The fourth-order valence-corrected chi connectivity index (χ4v) is 4.46. The average molecular weight is 432 g/mol. The van der Waals surface area contributed by atoms with Crippen LogP contribution in [0.3, 0.4) is 0 Å². The molecule has 0 spiro atoms. The second kappa shape index (κ2) is 8.14. The molecule has 0 aliphatic carbocycles. The molecule has 0 bridgehead atoms. The summed E-state index contributed by atoms with van der Waals surface area (Å²) in [7, 11) is 0. The number of fused-ring (bicyclic) bond motifs is 1. The molecule has 9 heteroatoms. The maximum absolute atomic E-state index is 12.9. The molecule has 0 N–H and O–H groups in total. The number of benzene rings is 1. The number of likely N-dealkylation sites (tertiary alicyclic amines) is 1. The van der Waals surface area contributed by atoms with Crippen molar-refractivity contribution < 1.29 is 14.2 Å². The largest absolute Gasteiger partial charge is 0.336 e. The van der Waals surface area contributed by atoms with Gasteiger partial charge in [0.05, 0.1) is 13.0 Å². The fraction of sp³-hybridized carbons (Fsp3) is 0.391. The lowest BCUT2D eigenvalue weighted by Gasteiger charge is -2.32. The molecule has 2 aromatic heterocycles. The highest BCUT2D eigenvalue weighted by Gasteiger charge is 2.34. The number of hydrogen-bond donors (Lipinski definition) is 0. The van der Waals surface area contributed by atoms with Gasteiger partial charge in [-0.3, -0.25) is 14.5 Å². The predicted octanol–water partition coefficient (Wildman–Crippen LogP) is 2.59. The molecule has 32 heavy (non-hydrogen) atoms. The SMILES string of the molecule is Cc1nonc1C(=O)N1CCCC(c2nc(C)c3c(n2)N(Cc2ccccc2)C(=O)C3)C1. The van der Waals surface area contributed by atoms with Crippen molar-refractivity contribution in [2.75, 3.05) is 18.0 Å². The monoisotopic (exact) mass is 432 g/mol. The molecule has 3 aromatic rings. The standard InChI is InChI=1S/C23H24N6O3/c1-14-18-11-19(30)29(12-16-7-4-3-5-8-16)22(18)25-21(24-14)17-9-6-10-28(13-17)23(31)20-15(2)26-32-27-20/h3-5,7-8,17H,6,9-13H2,1-2H3. The topological polar surface area (TPSA) is 105 Å². The van der Waals surface area contributed by atoms with Crippen LogP contribution in [0.25, 0.3) is 0 Å². The van der Waals surface area contributed by atoms with Gasteiger partial charge in [-0.25, -0.2) is 14.6 Å². The van der Waals surface area contributed by atoms with E-state index < -0.39 is 0 Å². The van der Waals surface area contributed by atoms with Gasteiger partial charge in [0, 0.05) is 30.3 Å². The number of aromatic nitrogens is 4. The minimum absolute atomic E-state index is 0.00820. The minimum atomic E-state index is -0.188. The van der Waals surface area contributed by atoms with Gasteiger partial charge in [0.25, 0.3) is 5.91 Å². The van der Waals surface area contributed by atoms with Crippen molar-refractivity contribution >= 4 is 17.6 Å². The van der Waals surface area contributed by atoms with E-state index in [-0.39, 0.29) is 23.4 Å². The fourth-order valence-electron chi connectivity index (χ4n) is 4.46. The molecule has 2 aliphatic heterocycles. The molecule has 0 radical (unpaired) electrons. The summed E-state index contributed by atoms with van der Waals surface area (Å²) in [5, 5.41) is 7.47. The smallest absolute Gasteiger partial charge is 0.278 e. The van der Waals surface area contributed by atoms with Crippen molar-refractivity contribution in [2.45, 2.75) is 45.6 Å². The Labute approximate surface area is 185 Å². The van der Waals surface area contributed by atoms with Gasteiger partial charge in [-0.1, -0.05) is 35.5 Å². The molecule has 1 saturated heterocycles. The van der Waals surface area contributed by atoms with Gasteiger partial charge in [-0.05, 0) is 37.4 Å². The Balaban J connectivity index is 1.41. The first-order chi connectivity index (χ1) is 15.5. The number of hydrogen-bond acceptors (Lipinski definition) is 7. The quantitative estimate of drug-likeness (QED) is 0.624. The minimum Gasteiger partial charge on any atom is -0.336 e. The molecule has 2 aliphatic rings. The summed E-state index contributed by atoms with van der Waals surface area (Å²) in [5.41, 5.74) is 3.50. The summed E-state index contributed by atoms with van der Waals surface area (Å²) in [6.07, 6.45) is 2.04. The Kier molecular flexibility index (Phi) is 5.16. The summed E-state index contributed by atoms with van der Waals surface area (Å²) in [6.45, 7) is 5.26. The van der Waals surface area contributed by atoms with E-state index in [0.29, 0.717) is 43.4 Å². The third-order valence-corrected chi connectivity index (χ3v) is 6.21. The lowest BCUT2D eigenvalue weighted by Crippen LogP contribution is -2.40. The molecule has 1 fully saturated rings. The van der Waals surface area contributed by atoms with Crippen LogP contribution in [0.1, 0.15) is 57.6 Å². The van der Waals surface area contributed by atoms with Crippen LogP contribution in [0.2, 0.25) is 0 Å². The second-order valence-electron chi connectivity index (χ2n) is 8.40. The van der Waals surface area contributed by atoms with E-state index in [4.69, 9.17) is 14.6 Å². The highest BCUT2D eigenvalue weighted by atomic mass is 16.6. The van der Waals surface area contributed by atoms with Crippen LogP contribution >= 0.6 is 0 Å². The van der Waals surface area contributed by atoms with E-state index >= 15 is 0 Å². The Morgan fingerprint density at radius 3 is 2.69 bits per heavy atom. The number of rotatable bonds is 4. The molecule has 2 amide bonds. The lowest BCUT2D eigenvalue weighted by atomic mass is 9.96. The summed E-state index contributed by atoms with van der Waals surface area (Å²) < 4.78 is 4.70. The van der Waals surface area contributed by atoms with E-state index in [1.807, 2.05) is 37.3 Å². The van der Waals surface area contributed by atoms with Crippen molar-refractivity contribution in [3.05, 3.63) is 64.4 Å². The molecular weight excluding hydrogens is 408 g/mol. The number of amides is 2. The molecule has 1 aromatic carbocycles. The molecular formula is C23H24N6O3. The van der Waals surface area contributed by atoms with Gasteiger partial charge in [0.15, 0.2) is 5.69 Å². The van der Waals surface area contributed by atoms with Crippen LogP contribution in [0.15, 0.2) is 35.0 Å². The predicted molar refractivity (Wildman–Crippen MR) is 115 cm³/mol. The normalized spacial score (nSPS) is 18.2. The highest BCUT2D eigenvalue weighted by Crippen LogP contribution is 2.33. The van der Waals surface area contributed by atoms with E-state index in [1.165, 1.54) is 0 Å². The van der Waals surface area contributed by atoms with Crippen LogP contribution in [0.5, 0.6) is 0 Å². The third-order valence-electron chi connectivity index (χ3n) is 6.21. The average Bonchev–Trinajstić information content (AvgIpc) is 3.37. The van der Waals surface area contributed by atoms with Gasteiger partial charge in [-0.2, -0.15) is 0 Å². The number of aryl methyl sites for hydroxylation is 2. The zero-order valence-electron chi connectivity index (χ0n) is 18.1. The third kappa shape index (κ3) is 3.63. The maximum atomic E-state index is 12.9. The van der Waals surface area contributed by atoms with Crippen LogP contribution in [-0.2, 0) is 17.8 Å². The van der Waals surface area contributed by atoms with Crippen molar-refractivity contribution in [2.24, 2.45) is 0 Å². The first-order valence-corrected chi connectivity index (χ1v) is 10.8. The van der Waals surface area contributed by atoms with Crippen LogP contribution < -0.4 is 4.90 Å². The Bertz CT molecular complexity index is 1180.